The minimum atomic E-state index is -3.44. The zero-order chi connectivity index (χ0) is 12.9. The molecule has 6 heteroatoms. The predicted octanol–water partition coefficient (Wildman–Crippen LogP) is 1.58. The highest BCUT2D eigenvalue weighted by atomic mass is 35.5. The molecular weight excluding hydrogens is 260 g/mol. The number of halogens is 1. The van der Waals surface area contributed by atoms with Gasteiger partial charge in [-0.3, -0.25) is 0 Å². The Bertz CT molecular complexity index is 483. The van der Waals surface area contributed by atoms with Crippen molar-refractivity contribution in [3.63, 3.8) is 0 Å². The molecule has 0 saturated carbocycles. The predicted molar refractivity (Wildman–Crippen MR) is 71.1 cm³/mol. The lowest BCUT2D eigenvalue weighted by Crippen LogP contribution is -2.36. The Kier molecular flexibility index (Phi) is 5.14. The molecule has 94 valence electrons. The minimum absolute atomic E-state index is 0.258. The smallest absolute Gasteiger partial charge is 0.234 e. The van der Waals surface area contributed by atoms with E-state index in [2.05, 4.69) is 4.72 Å². The largest absolute Gasteiger partial charge is 0.329 e. The van der Waals surface area contributed by atoms with Crippen LogP contribution in [-0.2, 0) is 10.0 Å². The molecule has 4 nitrogen and oxygen atoms in total. The van der Waals surface area contributed by atoms with E-state index < -0.39 is 10.0 Å². The number of benzene rings is 1. The van der Waals surface area contributed by atoms with E-state index >= 15 is 0 Å². The maximum Gasteiger partial charge on any atom is 0.234 e. The average molecular weight is 275 g/mol. The van der Waals surface area contributed by atoms with E-state index in [0.29, 0.717) is 5.02 Å². The van der Waals surface area contributed by atoms with Crippen molar-refractivity contribution in [2.45, 2.75) is 13.0 Å². The Hall–Kier alpha value is -0.880. The van der Waals surface area contributed by atoms with Crippen LogP contribution in [0.2, 0.25) is 5.02 Å². The van der Waals surface area contributed by atoms with E-state index in [1.54, 1.807) is 31.2 Å². The molecule has 0 fully saturated rings. The molecule has 1 atom stereocenters. The van der Waals surface area contributed by atoms with Crippen LogP contribution in [0.25, 0.3) is 6.08 Å². The van der Waals surface area contributed by atoms with Crippen molar-refractivity contribution in [1.29, 1.82) is 0 Å². The molecule has 1 aromatic carbocycles. The van der Waals surface area contributed by atoms with Crippen molar-refractivity contribution in [2.75, 3.05) is 6.54 Å². The van der Waals surface area contributed by atoms with Crippen molar-refractivity contribution < 1.29 is 8.42 Å². The molecule has 1 aromatic rings. The van der Waals surface area contributed by atoms with Gasteiger partial charge in [0.25, 0.3) is 0 Å². The van der Waals surface area contributed by atoms with Crippen molar-refractivity contribution >= 4 is 27.7 Å². The van der Waals surface area contributed by atoms with Gasteiger partial charge < -0.3 is 5.73 Å². The molecule has 0 bridgehead atoms. The molecule has 0 heterocycles. The Morgan fingerprint density at radius 2 is 2.00 bits per heavy atom. The molecule has 1 rings (SSSR count). The Morgan fingerprint density at radius 1 is 1.41 bits per heavy atom. The first-order chi connectivity index (χ1) is 7.93. The summed E-state index contributed by atoms with van der Waals surface area (Å²) < 4.78 is 25.5. The fourth-order valence-corrected chi connectivity index (χ4v) is 2.31. The molecule has 0 aromatic heterocycles. The van der Waals surface area contributed by atoms with E-state index in [9.17, 15) is 8.42 Å². The van der Waals surface area contributed by atoms with Gasteiger partial charge in [-0.15, -0.1) is 0 Å². The van der Waals surface area contributed by atoms with E-state index in [-0.39, 0.29) is 12.6 Å². The van der Waals surface area contributed by atoms with Gasteiger partial charge in [0.1, 0.15) is 0 Å². The first-order valence-electron chi connectivity index (χ1n) is 5.09. The van der Waals surface area contributed by atoms with Gasteiger partial charge in [-0.2, -0.15) is 0 Å². The van der Waals surface area contributed by atoms with E-state index in [0.717, 1.165) is 11.0 Å². The lowest BCUT2D eigenvalue weighted by Gasteiger charge is -2.08. The summed E-state index contributed by atoms with van der Waals surface area (Å²) in [5.41, 5.74) is 6.10. The second-order valence-corrected chi connectivity index (χ2v) is 5.69. The molecular formula is C11H15ClN2O2S. The molecule has 0 amide bonds. The minimum Gasteiger partial charge on any atom is -0.329 e. The fourth-order valence-electron chi connectivity index (χ4n) is 1.11. The highest BCUT2D eigenvalue weighted by Crippen LogP contribution is 2.11. The van der Waals surface area contributed by atoms with Gasteiger partial charge in [-0.25, -0.2) is 13.1 Å². The first-order valence-corrected chi connectivity index (χ1v) is 7.01. The van der Waals surface area contributed by atoms with Crippen LogP contribution in [0, 0.1) is 0 Å². The summed E-state index contributed by atoms with van der Waals surface area (Å²) in [7, 11) is -3.44. The van der Waals surface area contributed by atoms with Gasteiger partial charge in [-0.1, -0.05) is 23.7 Å². The quantitative estimate of drug-likeness (QED) is 0.856. The monoisotopic (exact) mass is 274 g/mol. The molecule has 3 N–H and O–H groups in total. The van der Waals surface area contributed by atoms with Crippen LogP contribution >= 0.6 is 11.6 Å². The zero-order valence-corrected chi connectivity index (χ0v) is 11.0. The molecule has 0 unspecified atom stereocenters. The Morgan fingerprint density at radius 3 is 2.53 bits per heavy atom. The number of sulfonamides is 1. The lowest BCUT2D eigenvalue weighted by molar-refractivity contribution is 0.572. The van der Waals surface area contributed by atoms with Crippen LogP contribution in [-0.4, -0.2) is 21.0 Å². The standard InChI is InChI=1S/C11H15ClN2O2S/c1-9(8-13)14-17(15,16)7-6-10-2-4-11(12)5-3-10/h2-7,9,14H,8,13H2,1H3/b7-6+/t9-/m1/s1. The van der Waals surface area contributed by atoms with Crippen LogP contribution in [0.4, 0.5) is 0 Å². The summed E-state index contributed by atoms with van der Waals surface area (Å²) in [4.78, 5) is 0. The Balaban J connectivity index is 2.73. The van der Waals surface area contributed by atoms with Crippen molar-refractivity contribution in [2.24, 2.45) is 5.73 Å². The molecule has 0 spiro atoms. The second-order valence-electron chi connectivity index (χ2n) is 3.65. The van der Waals surface area contributed by atoms with Gasteiger partial charge >= 0.3 is 0 Å². The van der Waals surface area contributed by atoms with Crippen molar-refractivity contribution in [3.05, 3.63) is 40.3 Å². The molecule has 17 heavy (non-hydrogen) atoms. The number of nitrogens with two attached hydrogens (primary N) is 1. The third kappa shape index (κ3) is 5.32. The van der Waals surface area contributed by atoms with Gasteiger partial charge in [0.05, 0.1) is 0 Å². The van der Waals surface area contributed by atoms with Crippen LogP contribution in [0.15, 0.2) is 29.7 Å². The molecule has 0 aliphatic carbocycles. The number of hydrogen-bond donors (Lipinski definition) is 2. The van der Waals surface area contributed by atoms with Gasteiger partial charge in [-0.05, 0) is 30.7 Å². The van der Waals surface area contributed by atoms with Crippen LogP contribution < -0.4 is 10.5 Å². The van der Waals surface area contributed by atoms with Gasteiger partial charge in [0.15, 0.2) is 0 Å². The van der Waals surface area contributed by atoms with Gasteiger partial charge in [0, 0.05) is 23.0 Å². The number of nitrogens with one attached hydrogen (secondary N) is 1. The molecule has 0 saturated heterocycles. The van der Waals surface area contributed by atoms with Crippen LogP contribution in [0.1, 0.15) is 12.5 Å². The highest BCUT2D eigenvalue weighted by Gasteiger charge is 2.08. The first kappa shape index (κ1) is 14.2. The topological polar surface area (TPSA) is 72.2 Å². The second kappa shape index (κ2) is 6.16. The molecule has 0 aliphatic heterocycles. The van der Waals surface area contributed by atoms with Gasteiger partial charge in [0.2, 0.25) is 10.0 Å². The van der Waals surface area contributed by atoms with Crippen molar-refractivity contribution in [3.8, 4) is 0 Å². The third-order valence-electron chi connectivity index (χ3n) is 2.03. The van der Waals surface area contributed by atoms with Crippen LogP contribution in [0.5, 0.6) is 0 Å². The summed E-state index contributed by atoms with van der Waals surface area (Å²) in [6.07, 6.45) is 1.50. The number of rotatable bonds is 5. The van der Waals surface area contributed by atoms with Crippen molar-refractivity contribution in [1.82, 2.24) is 4.72 Å². The maximum atomic E-state index is 11.6. The fraction of sp³-hybridized carbons (Fsp3) is 0.273. The summed E-state index contributed by atoms with van der Waals surface area (Å²) in [6.45, 7) is 1.96. The maximum absolute atomic E-state index is 11.6. The summed E-state index contributed by atoms with van der Waals surface area (Å²) in [5.74, 6) is 0. The lowest BCUT2D eigenvalue weighted by atomic mass is 10.2. The van der Waals surface area contributed by atoms with E-state index in [1.165, 1.54) is 6.08 Å². The summed E-state index contributed by atoms with van der Waals surface area (Å²) in [5, 5.41) is 1.72. The Labute approximate surface area is 107 Å². The summed E-state index contributed by atoms with van der Waals surface area (Å²) >= 11 is 5.72. The third-order valence-corrected chi connectivity index (χ3v) is 3.51. The highest BCUT2D eigenvalue weighted by molar-refractivity contribution is 7.92. The normalized spacial score (nSPS) is 14.1. The average Bonchev–Trinajstić information content (AvgIpc) is 2.28. The van der Waals surface area contributed by atoms with E-state index in [4.69, 9.17) is 17.3 Å². The molecule has 0 aliphatic rings. The molecule has 0 radical (unpaired) electrons. The van der Waals surface area contributed by atoms with E-state index in [1.807, 2.05) is 0 Å². The zero-order valence-electron chi connectivity index (χ0n) is 9.43. The SMILES string of the molecule is C[C@H](CN)NS(=O)(=O)/C=C/c1ccc(Cl)cc1. The summed E-state index contributed by atoms with van der Waals surface area (Å²) in [6, 6.07) is 6.59. The number of hydrogen-bond acceptors (Lipinski definition) is 3. The van der Waals surface area contributed by atoms with Crippen LogP contribution in [0.3, 0.4) is 0 Å².